The molecule has 2 N–H and O–H groups in total. The highest BCUT2D eigenvalue weighted by molar-refractivity contribution is 7.99. The lowest BCUT2D eigenvalue weighted by Gasteiger charge is -2.19. The number of rotatable bonds is 3. The van der Waals surface area contributed by atoms with Crippen molar-refractivity contribution in [2.24, 2.45) is 11.7 Å². The van der Waals surface area contributed by atoms with E-state index in [-0.39, 0.29) is 0 Å². The summed E-state index contributed by atoms with van der Waals surface area (Å²) in [6.07, 6.45) is 5.59. The molecule has 0 radical (unpaired) electrons. The van der Waals surface area contributed by atoms with Crippen LogP contribution in [0.3, 0.4) is 0 Å². The van der Waals surface area contributed by atoms with E-state index in [9.17, 15) is 0 Å². The SMILES string of the molecule is NCc1ccc2nc(CC3CCSCC3)nn2c1. The molecule has 0 atom stereocenters. The Balaban J connectivity index is 1.79. The van der Waals surface area contributed by atoms with Crippen LogP contribution in [0.4, 0.5) is 0 Å². The van der Waals surface area contributed by atoms with E-state index in [2.05, 4.69) is 21.8 Å². The second-order valence-electron chi connectivity index (χ2n) is 4.83. The molecule has 5 heteroatoms. The molecule has 1 saturated heterocycles. The average molecular weight is 262 g/mol. The van der Waals surface area contributed by atoms with Crippen LogP contribution in [0.2, 0.25) is 0 Å². The van der Waals surface area contributed by atoms with Gasteiger partial charge < -0.3 is 5.73 Å². The van der Waals surface area contributed by atoms with E-state index in [1.54, 1.807) is 0 Å². The Labute approximate surface area is 111 Å². The molecule has 1 aliphatic heterocycles. The summed E-state index contributed by atoms with van der Waals surface area (Å²) in [7, 11) is 0. The molecule has 0 saturated carbocycles. The third kappa shape index (κ3) is 2.52. The van der Waals surface area contributed by atoms with Crippen molar-refractivity contribution in [3.63, 3.8) is 0 Å². The van der Waals surface area contributed by atoms with Crippen molar-refractivity contribution in [2.75, 3.05) is 11.5 Å². The van der Waals surface area contributed by atoms with Crippen LogP contribution in [0.15, 0.2) is 18.3 Å². The van der Waals surface area contributed by atoms with Crippen LogP contribution in [-0.4, -0.2) is 26.1 Å². The number of nitrogens with zero attached hydrogens (tertiary/aromatic N) is 3. The Morgan fingerprint density at radius 3 is 2.94 bits per heavy atom. The molecule has 0 unspecified atom stereocenters. The molecular weight excluding hydrogens is 244 g/mol. The van der Waals surface area contributed by atoms with Gasteiger partial charge >= 0.3 is 0 Å². The van der Waals surface area contributed by atoms with E-state index in [1.807, 2.05) is 22.8 Å². The van der Waals surface area contributed by atoms with E-state index < -0.39 is 0 Å². The van der Waals surface area contributed by atoms with Gasteiger partial charge in [-0.15, -0.1) is 0 Å². The van der Waals surface area contributed by atoms with Crippen molar-refractivity contribution in [3.05, 3.63) is 29.7 Å². The molecule has 4 nitrogen and oxygen atoms in total. The minimum absolute atomic E-state index is 0.547. The summed E-state index contributed by atoms with van der Waals surface area (Å²) in [5.74, 6) is 4.31. The maximum Gasteiger partial charge on any atom is 0.155 e. The van der Waals surface area contributed by atoms with Gasteiger partial charge in [-0.05, 0) is 41.9 Å². The van der Waals surface area contributed by atoms with Gasteiger partial charge in [0.1, 0.15) is 0 Å². The lowest BCUT2D eigenvalue weighted by Crippen LogP contribution is -2.13. The molecule has 0 bridgehead atoms. The standard InChI is InChI=1S/C13H18N4S/c14-8-11-1-2-13-15-12(16-17(13)9-11)7-10-3-5-18-6-4-10/h1-2,9-10H,3-8,14H2. The molecule has 0 aromatic carbocycles. The van der Waals surface area contributed by atoms with Crippen molar-refractivity contribution >= 4 is 17.4 Å². The van der Waals surface area contributed by atoms with Gasteiger partial charge in [-0.2, -0.15) is 16.9 Å². The zero-order chi connectivity index (χ0) is 12.4. The largest absolute Gasteiger partial charge is 0.326 e. The Bertz CT molecular complexity index is 531. The maximum atomic E-state index is 5.63. The lowest BCUT2D eigenvalue weighted by molar-refractivity contribution is 0.476. The van der Waals surface area contributed by atoms with Crippen LogP contribution in [0.5, 0.6) is 0 Å². The summed E-state index contributed by atoms with van der Waals surface area (Å²) in [6, 6.07) is 4.01. The van der Waals surface area contributed by atoms with Gasteiger partial charge in [0, 0.05) is 19.2 Å². The van der Waals surface area contributed by atoms with Crippen molar-refractivity contribution in [3.8, 4) is 0 Å². The van der Waals surface area contributed by atoms with Crippen molar-refractivity contribution in [2.45, 2.75) is 25.8 Å². The zero-order valence-corrected chi connectivity index (χ0v) is 11.2. The molecule has 3 heterocycles. The normalized spacial score (nSPS) is 17.4. The van der Waals surface area contributed by atoms with Crippen LogP contribution in [0.25, 0.3) is 5.65 Å². The smallest absolute Gasteiger partial charge is 0.155 e. The molecule has 1 fully saturated rings. The molecule has 18 heavy (non-hydrogen) atoms. The third-order valence-corrected chi connectivity index (χ3v) is 4.53. The predicted molar refractivity (Wildman–Crippen MR) is 74.6 cm³/mol. The highest BCUT2D eigenvalue weighted by atomic mass is 32.2. The number of aromatic nitrogens is 3. The molecule has 2 aromatic heterocycles. The molecule has 0 spiro atoms. The number of nitrogens with two attached hydrogens (primary N) is 1. The second-order valence-corrected chi connectivity index (χ2v) is 6.06. The molecule has 0 amide bonds. The summed E-state index contributed by atoms with van der Waals surface area (Å²) >= 11 is 2.06. The average Bonchev–Trinajstić information content (AvgIpc) is 2.80. The molecule has 2 aromatic rings. The number of fused-ring (bicyclic) bond motifs is 1. The van der Waals surface area contributed by atoms with E-state index in [1.165, 1.54) is 24.3 Å². The van der Waals surface area contributed by atoms with Crippen molar-refractivity contribution in [1.82, 2.24) is 14.6 Å². The van der Waals surface area contributed by atoms with Gasteiger partial charge in [0.2, 0.25) is 0 Å². The van der Waals surface area contributed by atoms with E-state index in [0.29, 0.717) is 6.54 Å². The number of hydrogen-bond acceptors (Lipinski definition) is 4. The first-order chi connectivity index (χ1) is 8.85. The van der Waals surface area contributed by atoms with Gasteiger partial charge in [0.15, 0.2) is 11.5 Å². The van der Waals surface area contributed by atoms with Crippen molar-refractivity contribution < 1.29 is 0 Å². The van der Waals surface area contributed by atoms with E-state index in [4.69, 9.17) is 5.73 Å². The summed E-state index contributed by atoms with van der Waals surface area (Å²) in [4.78, 5) is 4.59. The van der Waals surface area contributed by atoms with Crippen LogP contribution in [0, 0.1) is 5.92 Å². The van der Waals surface area contributed by atoms with Crippen LogP contribution in [0.1, 0.15) is 24.2 Å². The van der Waals surface area contributed by atoms with Crippen LogP contribution < -0.4 is 5.73 Å². The third-order valence-electron chi connectivity index (χ3n) is 3.48. The fraction of sp³-hybridized carbons (Fsp3) is 0.538. The lowest BCUT2D eigenvalue weighted by atomic mass is 9.99. The van der Waals surface area contributed by atoms with E-state index >= 15 is 0 Å². The first-order valence-corrected chi connectivity index (χ1v) is 7.62. The Hall–Kier alpha value is -1.07. The first kappa shape index (κ1) is 12.0. The molecule has 3 rings (SSSR count). The minimum Gasteiger partial charge on any atom is -0.326 e. The fourth-order valence-electron chi connectivity index (χ4n) is 2.39. The number of pyridine rings is 1. The van der Waals surface area contributed by atoms with Gasteiger partial charge in [-0.1, -0.05) is 6.07 Å². The maximum absolute atomic E-state index is 5.63. The van der Waals surface area contributed by atoms with Crippen LogP contribution in [-0.2, 0) is 13.0 Å². The van der Waals surface area contributed by atoms with Crippen LogP contribution >= 0.6 is 11.8 Å². The minimum atomic E-state index is 0.547. The highest BCUT2D eigenvalue weighted by Gasteiger charge is 2.16. The number of hydrogen-bond donors (Lipinski definition) is 1. The summed E-state index contributed by atoms with van der Waals surface area (Å²) in [5.41, 5.74) is 7.65. The summed E-state index contributed by atoms with van der Waals surface area (Å²) in [5, 5.41) is 4.56. The zero-order valence-electron chi connectivity index (χ0n) is 10.4. The fourth-order valence-corrected chi connectivity index (χ4v) is 3.59. The van der Waals surface area contributed by atoms with Gasteiger partial charge in [-0.3, -0.25) is 0 Å². The van der Waals surface area contributed by atoms with E-state index in [0.717, 1.165) is 29.4 Å². The number of thioether (sulfide) groups is 1. The van der Waals surface area contributed by atoms with Crippen molar-refractivity contribution in [1.29, 1.82) is 0 Å². The topological polar surface area (TPSA) is 56.2 Å². The first-order valence-electron chi connectivity index (χ1n) is 6.47. The summed E-state index contributed by atoms with van der Waals surface area (Å²) < 4.78 is 1.86. The predicted octanol–water partition coefficient (Wildman–Crippen LogP) is 1.87. The van der Waals surface area contributed by atoms with Gasteiger partial charge in [0.05, 0.1) is 0 Å². The molecule has 96 valence electrons. The Kier molecular flexibility index (Phi) is 3.52. The second kappa shape index (κ2) is 5.28. The summed E-state index contributed by atoms with van der Waals surface area (Å²) in [6.45, 7) is 0.547. The highest BCUT2D eigenvalue weighted by Crippen LogP contribution is 2.25. The Morgan fingerprint density at radius 2 is 2.17 bits per heavy atom. The molecule has 1 aliphatic rings. The Morgan fingerprint density at radius 1 is 1.33 bits per heavy atom. The monoisotopic (exact) mass is 262 g/mol. The van der Waals surface area contributed by atoms with Gasteiger partial charge in [-0.25, -0.2) is 9.50 Å². The quantitative estimate of drug-likeness (QED) is 0.917. The molecule has 0 aliphatic carbocycles. The van der Waals surface area contributed by atoms with Gasteiger partial charge in [0.25, 0.3) is 0 Å². The molecular formula is C13H18N4S.